The molecule has 0 fully saturated rings. The Bertz CT molecular complexity index is 525. The van der Waals surface area contributed by atoms with Crippen LogP contribution in [-0.2, 0) is 6.54 Å². The Morgan fingerprint density at radius 3 is 3.00 bits per heavy atom. The minimum absolute atomic E-state index is 0.783. The van der Waals surface area contributed by atoms with E-state index in [1.165, 1.54) is 0 Å². The van der Waals surface area contributed by atoms with Crippen molar-refractivity contribution in [1.82, 2.24) is 14.9 Å². The SMILES string of the molecule is CCNCc1cn(-c2cc(OC)ccc2Br)cn1. The van der Waals surface area contributed by atoms with Crippen molar-refractivity contribution in [3.05, 3.63) is 40.9 Å². The van der Waals surface area contributed by atoms with E-state index in [0.29, 0.717) is 0 Å². The van der Waals surface area contributed by atoms with E-state index in [1.54, 1.807) is 7.11 Å². The van der Waals surface area contributed by atoms with E-state index in [9.17, 15) is 0 Å². The maximum absolute atomic E-state index is 5.24. The first-order valence-electron chi connectivity index (χ1n) is 5.82. The van der Waals surface area contributed by atoms with Crippen LogP contribution in [0.2, 0.25) is 0 Å². The van der Waals surface area contributed by atoms with Gasteiger partial charge in [0.2, 0.25) is 0 Å². The average Bonchev–Trinajstić information content (AvgIpc) is 2.85. The third-order valence-corrected chi connectivity index (χ3v) is 3.29. The fourth-order valence-corrected chi connectivity index (χ4v) is 2.11. The maximum atomic E-state index is 5.24. The van der Waals surface area contributed by atoms with Crippen molar-refractivity contribution in [2.45, 2.75) is 13.5 Å². The molecule has 0 saturated carbocycles. The minimum atomic E-state index is 0.783. The quantitative estimate of drug-likeness (QED) is 0.923. The van der Waals surface area contributed by atoms with Gasteiger partial charge in [-0.25, -0.2) is 4.98 Å². The number of rotatable bonds is 5. The molecule has 0 unspecified atom stereocenters. The summed E-state index contributed by atoms with van der Waals surface area (Å²) in [5, 5.41) is 3.25. The number of halogens is 1. The lowest BCUT2D eigenvalue weighted by Gasteiger charge is -2.07. The van der Waals surface area contributed by atoms with Gasteiger partial charge in [0.25, 0.3) is 0 Å². The molecule has 2 rings (SSSR count). The summed E-state index contributed by atoms with van der Waals surface area (Å²) in [6, 6.07) is 5.87. The molecule has 0 amide bonds. The van der Waals surface area contributed by atoms with Crippen molar-refractivity contribution in [3.8, 4) is 11.4 Å². The topological polar surface area (TPSA) is 39.1 Å². The van der Waals surface area contributed by atoms with Crippen LogP contribution in [-0.4, -0.2) is 23.2 Å². The molecule has 5 heteroatoms. The van der Waals surface area contributed by atoms with Crippen LogP contribution >= 0.6 is 15.9 Å². The van der Waals surface area contributed by atoms with Crippen LogP contribution in [0.3, 0.4) is 0 Å². The van der Waals surface area contributed by atoms with Gasteiger partial charge in [0.15, 0.2) is 0 Å². The van der Waals surface area contributed by atoms with Gasteiger partial charge in [0.1, 0.15) is 5.75 Å². The van der Waals surface area contributed by atoms with Gasteiger partial charge in [-0.15, -0.1) is 0 Å². The molecule has 1 aromatic heterocycles. The molecule has 18 heavy (non-hydrogen) atoms. The third kappa shape index (κ3) is 2.91. The lowest BCUT2D eigenvalue weighted by molar-refractivity contribution is 0.414. The zero-order valence-corrected chi connectivity index (χ0v) is 12.1. The third-order valence-electron chi connectivity index (χ3n) is 2.62. The lowest BCUT2D eigenvalue weighted by atomic mass is 10.3. The van der Waals surface area contributed by atoms with Gasteiger partial charge in [-0.1, -0.05) is 6.92 Å². The summed E-state index contributed by atoms with van der Waals surface area (Å²) < 4.78 is 8.23. The molecular weight excluding hydrogens is 294 g/mol. The van der Waals surface area contributed by atoms with Crippen molar-refractivity contribution < 1.29 is 4.74 Å². The van der Waals surface area contributed by atoms with E-state index < -0.39 is 0 Å². The molecule has 1 aromatic carbocycles. The number of imidazole rings is 1. The largest absolute Gasteiger partial charge is 0.497 e. The monoisotopic (exact) mass is 309 g/mol. The standard InChI is InChI=1S/C13H16BrN3O/c1-3-15-7-10-8-17(9-16-10)13-6-11(18-2)4-5-12(13)14/h4-6,8-9,15H,3,7H2,1-2H3. The van der Waals surface area contributed by atoms with Gasteiger partial charge < -0.3 is 14.6 Å². The van der Waals surface area contributed by atoms with Crippen molar-refractivity contribution in [2.75, 3.05) is 13.7 Å². The first kappa shape index (κ1) is 13.1. The van der Waals surface area contributed by atoms with E-state index in [-0.39, 0.29) is 0 Å². The van der Waals surface area contributed by atoms with Gasteiger partial charge in [-0.2, -0.15) is 0 Å². The summed E-state index contributed by atoms with van der Waals surface area (Å²) in [4.78, 5) is 4.37. The highest BCUT2D eigenvalue weighted by Crippen LogP contribution is 2.25. The van der Waals surface area contributed by atoms with Crippen LogP contribution in [0.1, 0.15) is 12.6 Å². The Kier molecular flexibility index (Phi) is 4.38. The highest BCUT2D eigenvalue weighted by Gasteiger charge is 2.06. The van der Waals surface area contributed by atoms with E-state index >= 15 is 0 Å². The maximum Gasteiger partial charge on any atom is 0.121 e. The number of nitrogens with zero attached hydrogens (tertiary/aromatic N) is 2. The second-order valence-corrected chi connectivity index (χ2v) is 4.72. The number of benzene rings is 1. The fraction of sp³-hybridized carbons (Fsp3) is 0.308. The molecule has 0 radical (unpaired) electrons. The summed E-state index contributed by atoms with van der Waals surface area (Å²) in [7, 11) is 1.66. The van der Waals surface area contributed by atoms with Crippen LogP contribution in [0.5, 0.6) is 5.75 Å². The molecule has 0 aliphatic rings. The molecular formula is C13H16BrN3O. The average molecular weight is 310 g/mol. The number of methoxy groups -OCH3 is 1. The second-order valence-electron chi connectivity index (χ2n) is 3.87. The molecule has 1 heterocycles. The van der Waals surface area contributed by atoms with Crippen molar-refractivity contribution in [2.24, 2.45) is 0 Å². The molecule has 1 N–H and O–H groups in total. The van der Waals surface area contributed by atoms with Gasteiger partial charge >= 0.3 is 0 Å². The lowest BCUT2D eigenvalue weighted by Crippen LogP contribution is -2.11. The van der Waals surface area contributed by atoms with Crippen molar-refractivity contribution in [1.29, 1.82) is 0 Å². The Morgan fingerprint density at radius 1 is 1.44 bits per heavy atom. The predicted octanol–water partition coefficient (Wildman–Crippen LogP) is 2.75. The number of nitrogens with one attached hydrogen (secondary N) is 1. The van der Waals surface area contributed by atoms with Crippen LogP contribution < -0.4 is 10.1 Å². The molecule has 96 valence electrons. The number of aromatic nitrogens is 2. The summed E-state index contributed by atoms with van der Waals surface area (Å²) >= 11 is 3.54. The highest BCUT2D eigenvalue weighted by molar-refractivity contribution is 9.10. The van der Waals surface area contributed by atoms with Crippen LogP contribution in [0.4, 0.5) is 0 Å². The van der Waals surface area contributed by atoms with Crippen LogP contribution in [0.25, 0.3) is 5.69 Å². The summed E-state index contributed by atoms with van der Waals surface area (Å²) in [6.07, 6.45) is 3.83. The highest BCUT2D eigenvalue weighted by atomic mass is 79.9. The summed E-state index contributed by atoms with van der Waals surface area (Å²) in [5.41, 5.74) is 2.04. The van der Waals surface area contributed by atoms with E-state index in [1.807, 2.05) is 35.3 Å². The van der Waals surface area contributed by atoms with E-state index in [0.717, 1.165) is 34.7 Å². The second kappa shape index (κ2) is 6.02. The van der Waals surface area contributed by atoms with E-state index in [2.05, 4.69) is 33.2 Å². The van der Waals surface area contributed by atoms with Crippen LogP contribution in [0.15, 0.2) is 35.2 Å². The Hall–Kier alpha value is -1.33. The number of ether oxygens (including phenoxy) is 1. The molecule has 0 aliphatic carbocycles. The Labute approximate surface area is 115 Å². The predicted molar refractivity (Wildman–Crippen MR) is 75.2 cm³/mol. The summed E-state index contributed by atoms with van der Waals surface area (Å²) in [6.45, 7) is 3.80. The smallest absolute Gasteiger partial charge is 0.121 e. The normalized spacial score (nSPS) is 10.6. The van der Waals surface area contributed by atoms with Gasteiger partial charge in [-0.3, -0.25) is 0 Å². The zero-order chi connectivity index (χ0) is 13.0. The number of hydrogen-bond acceptors (Lipinski definition) is 3. The van der Waals surface area contributed by atoms with E-state index in [4.69, 9.17) is 4.74 Å². The molecule has 0 saturated heterocycles. The Balaban J connectivity index is 2.27. The molecule has 0 atom stereocenters. The summed E-state index contributed by atoms with van der Waals surface area (Å²) in [5.74, 6) is 0.829. The molecule has 0 bridgehead atoms. The molecule has 2 aromatic rings. The molecule has 4 nitrogen and oxygen atoms in total. The number of hydrogen-bond donors (Lipinski definition) is 1. The van der Waals surface area contributed by atoms with Crippen molar-refractivity contribution in [3.63, 3.8) is 0 Å². The Morgan fingerprint density at radius 2 is 2.28 bits per heavy atom. The van der Waals surface area contributed by atoms with Gasteiger partial charge in [-0.05, 0) is 34.6 Å². The zero-order valence-electron chi connectivity index (χ0n) is 10.5. The minimum Gasteiger partial charge on any atom is -0.497 e. The first-order valence-corrected chi connectivity index (χ1v) is 6.61. The van der Waals surface area contributed by atoms with Crippen molar-refractivity contribution >= 4 is 15.9 Å². The van der Waals surface area contributed by atoms with Gasteiger partial charge in [0.05, 0.1) is 24.8 Å². The first-order chi connectivity index (χ1) is 8.74. The fourth-order valence-electron chi connectivity index (χ4n) is 1.66. The molecule has 0 spiro atoms. The molecule has 0 aliphatic heterocycles. The van der Waals surface area contributed by atoms with Crippen LogP contribution in [0, 0.1) is 0 Å². The van der Waals surface area contributed by atoms with Gasteiger partial charge in [0, 0.05) is 23.3 Å².